The summed E-state index contributed by atoms with van der Waals surface area (Å²) in [5.41, 5.74) is -0.452. The average molecular weight is 405 g/mol. The maximum absolute atomic E-state index is 13.9. The SMILES string of the molecule is O=C(c1ccc(F)c(F)c1F)N1CCN(c2cc(N3CCCCC3)ncn2)CC1. The number of anilines is 2. The van der Waals surface area contributed by atoms with Crippen molar-refractivity contribution in [2.24, 2.45) is 0 Å². The highest BCUT2D eigenvalue weighted by atomic mass is 19.2. The van der Waals surface area contributed by atoms with Gasteiger partial charge in [-0.05, 0) is 31.4 Å². The number of piperazine rings is 1. The Kier molecular flexibility index (Phi) is 5.55. The lowest BCUT2D eigenvalue weighted by atomic mass is 10.1. The third-order valence-corrected chi connectivity index (χ3v) is 5.47. The van der Waals surface area contributed by atoms with Crippen molar-refractivity contribution in [3.05, 3.63) is 47.5 Å². The van der Waals surface area contributed by atoms with Gasteiger partial charge in [-0.15, -0.1) is 0 Å². The number of nitrogens with zero attached hydrogens (tertiary/aromatic N) is 5. The van der Waals surface area contributed by atoms with E-state index in [1.165, 1.54) is 11.3 Å². The molecule has 3 heterocycles. The Bertz CT molecular complexity index is 896. The Morgan fingerprint density at radius 2 is 1.41 bits per heavy atom. The molecule has 1 aromatic carbocycles. The first-order valence-electron chi connectivity index (χ1n) is 9.79. The third kappa shape index (κ3) is 3.99. The van der Waals surface area contributed by atoms with Gasteiger partial charge in [0.2, 0.25) is 0 Å². The highest BCUT2D eigenvalue weighted by molar-refractivity contribution is 5.94. The van der Waals surface area contributed by atoms with Crippen LogP contribution in [0.3, 0.4) is 0 Å². The quantitative estimate of drug-likeness (QED) is 0.735. The molecule has 2 aliphatic rings. The first kappa shape index (κ1) is 19.5. The van der Waals surface area contributed by atoms with Crippen LogP contribution in [0.4, 0.5) is 24.8 Å². The molecule has 0 spiro atoms. The molecule has 9 heteroatoms. The lowest BCUT2D eigenvalue weighted by Gasteiger charge is -2.36. The lowest BCUT2D eigenvalue weighted by molar-refractivity contribution is 0.0740. The largest absolute Gasteiger partial charge is 0.356 e. The molecule has 0 N–H and O–H groups in total. The molecule has 2 aromatic rings. The van der Waals surface area contributed by atoms with Crippen LogP contribution in [0.2, 0.25) is 0 Å². The minimum atomic E-state index is -1.62. The maximum Gasteiger partial charge on any atom is 0.257 e. The second kappa shape index (κ2) is 8.26. The number of amides is 1. The summed E-state index contributed by atoms with van der Waals surface area (Å²) in [6, 6.07) is 3.71. The normalized spacial score (nSPS) is 17.6. The topological polar surface area (TPSA) is 52.6 Å². The van der Waals surface area contributed by atoms with Gasteiger partial charge < -0.3 is 14.7 Å². The van der Waals surface area contributed by atoms with Crippen molar-refractivity contribution in [2.45, 2.75) is 19.3 Å². The van der Waals surface area contributed by atoms with Crippen LogP contribution in [-0.2, 0) is 0 Å². The summed E-state index contributed by atoms with van der Waals surface area (Å²) in [5, 5.41) is 0. The summed E-state index contributed by atoms with van der Waals surface area (Å²) in [6.45, 7) is 3.65. The molecule has 2 aliphatic heterocycles. The highest BCUT2D eigenvalue weighted by Gasteiger charge is 2.27. The minimum absolute atomic E-state index is 0.334. The summed E-state index contributed by atoms with van der Waals surface area (Å²) in [5.74, 6) is -3.33. The summed E-state index contributed by atoms with van der Waals surface area (Å²) in [7, 11) is 0. The molecule has 0 aliphatic carbocycles. The average Bonchev–Trinajstić information content (AvgIpc) is 2.78. The van der Waals surface area contributed by atoms with Gasteiger partial charge >= 0.3 is 0 Å². The molecule has 0 bridgehead atoms. The Morgan fingerprint density at radius 3 is 2.07 bits per heavy atom. The van der Waals surface area contributed by atoms with Crippen molar-refractivity contribution in [3.63, 3.8) is 0 Å². The van der Waals surface area contributed by atoms with Crippen molar-refractivity contribution in [1.29, 1.82) is 0 Å². The predicted octanol–water partition coefficient (Wildman–Crippen LogP) is 2.85. The molecule has 0 atom stereocenters. The number of carbonyl (C=O) groups is 1. The number of piperidine rings is 1. The summed E-state index contributed by atoms with van der Waals surface area (Å²) in [6.07, 6.45) is 5.10. The van der Waals surface area contributed by atoms with Crippen LogP contribution in [0.25, 0.3) is 0 Å². The maximum atomic E-state index is 13.9. The zero-order valence-electron chi connectivity index (χ0n) is 16.0. The van der Waals surface area contributed by atoms with Crippen LogP contribution in [0.15, 0.2) is 24.5 Å². The number of hydrogen-bond acceptors (Lipinski definition) is 5. The number of halogens is 3. The number of aromatic nitrogens is 2. The van der Waals surface area contributed by atoms with Crippen molar-refractivity contribution in [2.75, 3.05) is 49.1 Å². The van der Waals surface area contributed by atoms with E-state index < -0.39 is 28.9 Å². The van der Waals surface area contributed by atoms with E-state index in [9.17, 15) is 18.0 Å². The molecule has 154 valence electrons. The first-order valence-corrected chi connectivity index (χ1v) is 9.79. The minimum Gasteiger partial charge on any atom is -0.356 e. The van der Waals surface area contributed by atoms with Crippen molar-refractivity contribution < 1.29 is 18.0 Å². The summed E-state index contributed by atoms with van der Waals surface area (Å²) >= 11 is 0. The fourth-order valence-corrected chi connectivity index (χ4v) is 3.81. The zero-order valence-corrected chi connectivity index (χ0v) is 16.0. The van der Waals surface area contributed by atoms with Crippen LogP contribution < -0.4 is 9.80 Å². The second-order valence-corrected chi connectivity index (χ2v) is 7.28. The molecule has 0 saturated carbocycles. The van der Waals surface area contributed by atoms with Gasteiger partial charge in [-0.25, -0.2) is 23.1 Å². The Labute approximate surface area is 167 Å². The van der Waals surface area contributed by atoms with Gasteiger partial charge in [-0.3, -0.25) is 4.79 Å². The number of carbonyl (C=O) groups excluding carboxylic acids is 1. The van der Waals surface area contributed by atoms with Gasteiger partial charge in [0.05, 0.1) is 5.56 Å². The predicted molar refractivity (Wildman–Crippen MR) is 103 cm³/mol. The molecule has 0 radical (unpaired) electrons. The van der Waals surface area contributed by atoms with Crippen molar-refractivity contribution in [3.8, 4) is 0 Å². The van der Waals surface area contributed by atoms with Gasteiger partial charge in [-0.2, -0.15) is 0 Å². The van der Waals surface area contributed by atoms with E-state index in [1.54, 1.807) is 6.33 Å². The van der Waals surface area contributed by atoms with E-state index in [0.29, 0.717) is 26.2 Å². The summed E-state index contributed by atoms with van der Waals surface area (Å²) < 4.78 is 40.5. The third-order valence-electron chi connectivity index (χ3n) is 5.47. The number of rotatable bonds is 3. The van der Waals surface area contributed by atoms with Crippen LogP contribution in [0.1, 0.15) is 29.6 Å². The number of benzene rings is 1. The molecule has 1 amide bonds. The summed E-state index contributed by atoms with van der Waals surface area (Å²) in [4.78, 5) is 27.0. The fraction of sp³-hybridized carbons (Fsp3) is 0.450. The van der Waals surface area contributed by atoms with E-state index >= 15 is 0 Å². The van der Waals surface area contributed by atoms with Gasteiger partial charge in [0.1, 0.15) is 18.0 Å². The molecular formula is C20H22F3N5O. The standard InChI is InChI=1S/C20H22F3N5O/c21-15-5-4-14(18(22)19(15)23)20(29)28-10-8-27(9-11-28)17-12-16(24-13-25-17)26-6-2-1-3-7-26/h4-5,12-13H,1-3,6-11H2. The van der Waals surface area contributed by atoms with Gasteiger partial charge in [0.25, 0.3) is 5.91 Å². The van der Waals surface area contributed by atoms with E-state index in [0.717, 1.165) is 49.7 Å². The highest BCUT2D eigenvalue weighted by Crippen LogP contribution is 2.23. The molecule has 2 saturated heterocycles. The van der Waals surface area contributed by atoms with Gasteiger partial charge in [0.15, 0.2) is 17.5 Å². The molecule has 0 unspecified atom stereocenters. The molecular weight excluding hydrogens is 383 g/mol. The monoisotopic (exact) mass is 405 g/mol. The Balaban J connectivity index is 1.42. The lowest BCUT2D eigenvalue weighted by Crippen LogP contribution is -2.49. The van der Waals surface area contributed by atoms with E-state index in [2.05, 4.69) is 14.9 Å². The fourth-order valence-electron chi connectivity index (χ4n) is 3.81. The smallest absolute Gasteiger partial charge is 0.257 e. The van der Waals surface area contributed by atoms with Crippen LogP contribution in [0, 0.1) is 17.5 Å². The van der Waals surface area contributed by atoms with E-state index in [1.807, 2.05) is 11.0 Å². The number of hydrogen-bond donors (Lipinski definition) is 0. The molecule has 6 nitrogen and oxygen atoms in total. The Hall–Kier alpha value is -2.84. The van der Waals surface area contributed by atoms with Gasteiger partial charge in [0, 0.05) is 45.3 Å². The van der Waals surface area contributed by atoms with E-state index in [-0.39, 0.29) is 0 Å². The van der Waals surface area contributed by atoms with Crippen LogP contribution >= 0.6 is 0 Å². The molecule has 29 heavy (non-hydrogen) atoms. The molecule has 2 fully saturated rings. The van der Waals surface area contributed by atoms with Crippen molar-refractivity contribution >= 4 is 17.5 Å². The van der Waals surface area contributed by atoms with Crippen molar-refractivity contribution in [1.82, 2.24) is 14.9 Å². The Morgan fingerprint density at radius 1 is 0.793 bits per heavy atom. The van der Waals surface area contributed by atoms with Crippen LogP contribution in [-0.4, -0.2) is 60.0 Å². The second-order valence-electron chi connectivity index (χ2n) is 7.28. The molecule has 1 aromatic heterocycles. The zero-order chi connectivity index (χ0) is 20.4. The van der Waals surface area contributed by atoms with Gasteiger partial charge in [-0.1, -0.05) is 0 Å². The van der Waals surface area contributed by atoms with Crippen LogP contribution in [0.5, 0.6) is 0 Å². The first-order chi connectivity index (χ1) is 14.0. The van der Waals surface area contributed by atoms with E-state index in [4.69, 9.17) is 0 Å². The molecule has 4 rings (SSSR count).